The van der Waals surface area contributed by atoms with Crippen molar-refractivity contribution >= 4 is 37.5 Å². The standard InChI is InChI=1S/C21H27BrN2O4S/c22-21-11-14-7-15(12-21)10-20(9-14,13-21)19(26)23-17-8-16(3-4-18(17)25)29(27,28)24-5-1-2-6-24/h3-4,8,14-15,25H,1-2,5-7,9-13H2,(H,23,26). The van der Waals surface area contributed by atoms with Crippen LogP contribution >= 0.6 is 15.9 Å². The second-order valence-corrected chi connectivity index (χ2v) is 13.3. The summed E-state index contributed by atoms with van der Waals surface area (Å²) in [7, 11) is -3.61. The number of carbonyl (C=O) groups is 1. The zero-order chi connectivity index (χ0) is 20.4. The molecule has 4 aliphatic carbocycles. The molecule has 0 aromatic heterocycles. The fourth-order valence-electron chi connectivity index (χ4n) is 6.52. The third-order valence-corrected chi connectivity index (χ3v) is 10.2. The van der Waals surface area contributed by atoms with Crippen LogP contribution in [0.2, 0.25) is 0 Å². The number of aromatic hydroxyl groups is 1. The van der Waals surface area contributed by atoms with Crippen molar-refractivity contribution < 1.29 is 18.3 Å². The zero-order valence-electron chi connectivity index (χ0n) is 16.4. The molecular weight excluding hydrogens is 456 g/mol. The number of nitrogens with zero attached hydrogens (tertiary/aromatic N) is 1. The summed E-state index contributed by atoms with van der Waals surface area (Å²) in [5.74, 6) is 0.951. The lowest BCUT2D eigenvalue weighted by Crippen LogP contribution is -2.57. The summed E-state index contributed by atoms with van der Waals surface area (Å²) in [5.41, 5.74) is -0.237. The van der Waals surface area contributed by atoms with Crippen molar-refractivity contribution in [1.82, 2.24) is 4.31 Å². The van der Waals surface area contributed by atoms with E-state index in [1.165, 1.54) is 28.9 Å². The van der Waals surface area contributed by atoms with Gasteiger partial charge in [-0.15, -0.1) is 0 Å². The van der Waals surface area contributed by atoms with Crippen molar-refractivity contribution in [3.05, 3.63) is 18.2 Å². The molecule has 0 radical (unpaired) electrons. The van der Waals surface area contributed by atoms with Crippen molar-refractivity contribution in [3.8, 4) is 5.75 Å². The first-order valence-electron chi connectivity index (χ1n) is 10.5. The fourth-order valence-corrected chi connectivity index (χ4v) is 9.52. The number of halogens is 1. The van der Waals surface area contributed by atoms with E-state index in [1.807, 2.05) is 0 Å². The molecule has 6 nitrogen and oxygen atoms in total. The van der Waals surface area contributed by atoms with E-state index >= 15 is 0 Å². The van der Waals surface area contributed by atoms with Gasteiger partial charge in [0.2, 0.25) is 15.9 Å². The number of carbonyl (C=O) groups excluding carboxylic acids is 1. The van der Waals surface area contributed by atoms with Crippen molar-refractivity contribution in [1.29, 1.82) is 0 Å². The van der Waals surface area contributed by atoms with Crippen molar-refractivity contribution in [2.45, 2.75) is 60.6 Å². The Labute approximate surface area is 180 Å². The molecule has 2 N–H and O–H groups in total. The van der Waals surface area contributed by atoms with Crippen LogP contribution in [0.4, 0.5) is 5.69 Å². The summed E-state index contributed by atoms with van der Waals surface area (Å²) in [6.45, 7) is 1.04. The first kappa shape index (κ1) is 19.8. The minimum atomic E-state index is -3.61. The highest BCUT2D eigenvalue weighted by molar-refractivity contribution is 9.10. The number of amides is 1. The maximum atomic E-state index is 13.4. The van der Waals surface area contributed by atoms with Gasteiger partial charge in [-0.2, -0.15) is 4.31 Å². The molecule has 1 amide bonds. The minimum absolute atomic E-state index is 0.0530. The zero-order valence-corrected chi connectivity index (χ0v) is 18.8. The molecule has 1 aromatic carbocycles. The number of hydrogen-bond donors (Lipinski definition) is 2. The summed E-state index contributed by atoms with van der Waals surface area (Å²) < 4.78 is 27.3. The smallest absolute Gasteiger partial charge is 0.243 e. The summed E-state index contributed by atoms with van der Waals surface area (Å²) in [4.78, 5) is 13.5. The SMILES string of the molecule is O=C(Nc1cc(S(=O)(=O)N2CCCC2)ccc1O)C12CC3CC(CC(Br)(C3)C1)C2. The second kappa shape index (κ2) is 6.69. The Bertz CT molecular complexity index is 943. The molecule has 4 saturated carbocycles. The summed E-state index contributed by atoms with van der Waals surface area (Å²) in [5, 5.41) is 13.2. The van der Waals surface area contributed by atoms with E-state index in [-0.39, 0.29) is 26.6 Å². The molecule has 5 fully saturated rings. The average Bonchev–Trinajstić information content (AvgIpc) is 3.17. The monoisotopic (exact) mass is 482 g/mol. The van der Waals surface area contributed by atoms with Crippen LogP contribution in [-0.2, 0) is 14.8 Å². The number of hydrogen-bond acceptors (Lipinski definition) is 4. The molecule has 8 heteroatoms. The van der Waals surface area contributed by atoms with Crippen LogP contribution in [0.1, 0.15) is 51.4 Å². The number of phenolic OH excluding ortho intramolecular Hbond substituents is 1. The summed E-state index contributed by atoms with van der Waals surface area (Å²) in [6, 6.07) is 4.19. The van der Waals surface area contributed by atoms with Gasteiger partial charge in [0.05, 0.1) is 16.0 Å². The Morgan fingerprint density at radius 1 is 1.14 bits per heavy atom. The van der Waals surface area contributed by atoms with Crippen LogP contribution in [-0.4, -0.2) is 41.2 Å². The van der Waals surface area contributed by atoms with Gasteiger partial charge in [0.1, 0.15) is 5.75 Å². The van der Waals surface area contributed by atoms with Gasteiger partial charge in [-0.25, -0.2) is 8.42 Å². The van der Waals surface area contributed by atoms with Crippen LogP contribution in [0.25, 0.3) is 0 Å². The number of sulfonamides is 1. The van der Waals surface area contributed by atoms with Crippen LogP contribution < -0.4 is 5.32 Å². The Morgan fingerprint density at radius 3 is 2.41 bits per heavy atom. The average molecular weight is 483 g/mol. The Kier molecular flexibility index (Phi) is 4.57. The second-order valence-electron chi connectivity index (χ2n) is 9.64. The van der Waals surface area contributed by atoms with Gasteiger partial charge >= 0.3 is 0 Å². The molecule has 158 valence electrons. The van der Waals surface area contributed by atoms with Crippen molar-refractivity contribution in [2.75, 3.05) is 18.4 Å². The largest absolute Gasteiger partial charge is 0.506 e. The maximum absolute atomic E-state index is 13.4. The molecule has 0 spiro atoms. The van der Waals surface area contributed by atoms with E-state index in [0.717, 1.165) is 44.9 Å². The predicted molar refractivity (Wildman–Crippen MR) is 114 cm³/mol. The van der Waals surface area contributed by atoms with Crippen LogP contribution in [0.15, 0.2) is 23.1 Å². The Morgan fingerprint density at radius 2 is 1.79 bits per heavy atom. The normalized spacial score (nSPS) is 36.4. The highest BCUT2D eigenvalue weighted by Crippen LogP contribution is 2.64. The molecule has 2 atom stereocenters. The summed E-state index contributed by atoms with van der Waals surface area (Å²) >= 11 is 3.92. The van der Waals surface area contributed by atoms with Gasteiger partial charge in [0.25, 0.3) is 0 Å². The van der Waals surface area contributed by atoms with E-state index in [9.17, 15) is 18.3 Å². The number of alkyl halides is 1. The third kappa shape index (κ3) is 3.31. The molecular formula is C21H27BrN2O4S. The minimum Gasteiger partial charge on any atom is -0.506 e. The van der Waals surface area contributed by atoms with Gasteiger partial charge in [-0.05, 0) is 81.4 Å². The van der Waals surface area contributed by atoms with E-state index in [4.69, 9.17) is 0 Å². The van der Waals surface area contributed by atoms with Crippen LogP contribution in [0, 0.1) is 17.3 Å². The number of phenols is 1. The summed E-state index contributed by atoms with van der Waals surface area (Å²) in [6.07, 6.45) is 7.77. The fraction of sp³-hybridized carbons (Fsp3) is 0.667. The topological polar surface area (TPSA) is 86.7 Å². The van der Waals surface area contributed by atoms with Gasteiger partial charge in [-0.3, -0.25) is 4.79 Å². The van der Waals surface area contributed by atoms with Crippen LogP contribution in [0.5, 0.6) is 5.75 Å². The van der Waals surface area contributed by atoms with Gasteiger partial charge in [0, 0.05) is 17.4 Å². The lowest BCUT2D eigenvalue weighted by molar-refractivity contribution is -0.138. The van der Waals surface area contributed by atoms with Gasteiger partial charge in [0.15, 0.2) is 0 Å². The number of nitrogens with one attached hydrogen (secondary N) is 1. The Hall–Kier alpha value is -1.12. The van der Waals surface area contributed by atoms with Crippen LogP contribution in [0.3, 0.4) is 0 Å². The lowest BCUT2D eigenvalue weighted by atomic mass is 9.49. The molecule has 1 heterocycles. The third-order valence-electron chi connectivity index (χ3n) is 7.39. The number of anilines is 1. The lowest BCUT2D eigenvalue weighted by Gasteiger charge is -2.59. The van der Waals surface area contributed by atoms with Crippen molar-refractivity contribution in [3.63, 3.8) is 0 Å². The van der Waals surface area contributed by atoms with Gasteiger partial charge in [-0.1, -0.05) is 15.9 Å². The molecule has 4 bridgehead atoms. The van der Waals surface area contributed by atoms with E-state index in [1.54, 1.807) is 0 Å². The molecule has 29 heavy (non-hydrogen) atoms. The molecule has 2 unspecified atom stereocenters. The van der Waals surface area contributed by atoms with E-state index < -0.39 is 15.4 Å². The van der Waals surface area contributed by atoms with E-state index in [0.29, 0.717) is 24.9 Å². The van der Waals surface area contributed by atoms with Gasteiger partial charge < -0.3 is 10.4 Å². The Balaban J connectivity index is 1.41. The molecule has 5 aliphatic rings. The number of rotatable bonds is 4. The maximum Gasteiger partial charge on any atom is 0.243 e. The highest BCUT2D eigenvalue weighted by atomic mass is 79.9. The van der Waals surface area contributed by atoms with E-state index in [2.05, 4.69) is 21.2 Å². The molecule has 1 aromatic rings. The quantitative estimate of drug-likeness (QED) is 0.503. The number of benzene rings is 1. The highest BCUT2D eigenvalue weighted by Gasteiger charge is 2.59. The molecule has 1 aliphatic heterocycles. The predicted octanol–water partition coefficient (Wildman–Crippen LogP) is 3.85. The first-order valence-corrected chi connectivity index (χ1v) is 12.8. The molecule has 1 saturated heterocycles. The molecule has 6 rings (SSSR count). The van der Waals surface area contributed by atoms with Crippen molar-refractivity contribution in [2.24, 2.45) is 17.3 Å². The first-order chi connectivity index (χ1) is 13.7.